The molecule has 0 radical (unpaired) electrons. The van der Waals surface area contributed by atoms with Gasteiger partial charge in [0.15, 0.2) is 24.5 Å². The van der Waals surface area contributed by atoms with E-state index in [9.17, 15) is 45.6 Å². The lowest BCUT2D eigenvalue weighted by Crippen LogP contribution is -2.66. The van der Waals surface area contributed by atoms with Gasteiger partial charge in [-0.3, -0.25) is 0 Å². The molecule has 16 nitrogen and oxygen atoms in total. The lowest BCUT2D eigenvalue weighted by Gasteiger charge is -2.70. The van der Waals surface area contributed by atoms with Gasteiger partial charge in [-0.05, 0) is 118 Å². The Morgan fingerprint density at radius 1 is 0.661 bits per heavy atom. The number of hydrogen-bond donors (Lipinski definition) is 8. The number of fused-ring (bicyclic) bond motifs is 5. The van der Waals surface area contributed by atoms with Gasteiger partial charge in [-0.25, -0.2) is 4.79 Å². The largest absolute Gasteiger partial charge is 0.456 e. The normalized spacial score (nSPS) is 55.1. The van der Waals surface area contributed by atoms with Gasteiger partial charge in [-0.15, -0.1) is 0 Å². The van der Waals surface area contributed by atoms with Crippen LogP contribution in [0.1, 0.15) is 113 Å². The number of hydrogen-bond acceptors (Lipinski definition) is 16. The third kappa shape index (κ3) is 7.46. The van der Waals surface area contributed by atoms with Crippen molar-refractivity contribution in [1.82, 2.24) is 0 Å². The van der Waals surface area contributed by atoms with Gasteiger partial charge in [-0.2, -0.15) is 0 Å². The van der Waals surface area contributed by atoms with Crippen molar-refractivity contribution >= 4 is 5.97 Å². The second-order valence-corrected chi connectivity index (χ2v) is 22.0. The lowest BCUT2D eigenvalue weighted by atomic mass is 9.35. The van der Waals surface area contributed by atoms with Gasteiger partial charge in [0.05, 0.1) is 25.4 Å². The summed E-state index contributed by atoms with van der Waals surface area (Å²) in [7, 11) is 0. The number of carbonyl (C=O) groups is 1. The third-order valence-corrected chi connectivity index (χ3v) is 18.1. The molecule has 0 bridgehead atoms. The molecular formula is C46H74O16. The van der Waals surface area contributed by atoms with Crippen molar-refractivity contribution in [1.29, 1.82) is 0 Å². The van der Waals surface area contributed by atoms with Gasteiger partial charge in [0, 0.05) is 12.3 Å². The number of carbonyl (C=O) groups excluding carboxylic acids is 1. The molecule has 8 aliphatic rings. The van der Waals surface area contributed by atoms with Gasteiger partial charge in [-0.1, -0.05) is 40.2 Å². The van der Waals surface area contributed by atoms with Crippen LogP contribution in [-0.4, -0.2) is 158 Å². The zero-order valence-corrected chi connectivity index (χ0v) is 37.7. The van der Waals surface area contributed by atoms with E-state index < -0.39 is 103 Å². The molecule has 16 heteroatoms. The molecule has 8 rings (SSSR count). The van der Waals surface area contributed by atoms with E-state index in [1.807, 2.05) is 19.9 Å². The Bertz CT molecular complexity index is 1670. The van der Waals surface area contributed by atoms with Crippen molar-refractivity contribution in [3.05, 3.63) is 11.6 Å². The molecule has 0 aromatic carbocycles. The van der Waals surface area contributed by atoms with Crippen LogP contribution in [0.25, 0.3) is 0 Å². The summed E-state index contributed by atoms with van der Waals surface area (Å²) >= 11 is 0. The van der Waals surface area contributed by atoms with Crippen LogP contribution >= 0.6 is 0 Å². The van der Waals surface area contributed by atoms with E-state index in [2.05, 4.69) is 34.6 Å². The average Bonchev–Trinajstić information content (AvgIpc) is 3.71. The Morgan fingerprint density at radius 2 is 1.31 bits per heavy atom. The average molecular weight is 883 g/mol. The third-order valence-electron chi connectivity index (χ3n) is 18.1. The van der Waals surface area contributed by atoms with Crippen LogP contribution < -0.4 is 0 Å². The highest BCUT2D eigenvalue weighted by atomic mass is 16.8. The van der Waals surface area contributed by atoms with E-state index >= 15 is 0 Å². The highest BCUT2D eigenvalue weighted by Gasteiger charge is 2.71. The summed E-state index contributed by atoms with van der Waals surface area (Å²) in [6, 6.07) is 0. The summed E-state index contributed by atoms with van der Waals surface area (Å²) in [5.41, 5.74) is -0.999. The summed E-state index contributed by atoms with van der Waals surface area (Å²) in [6.45, 7) is 16.7. The Balaban J connectivity index is 1.02. The van der Waals surface area contributed by atoms with Crippen molar-refractivity contribution in [2.75, 3.05) is 13.2 Å². The summed E-state index contributed by atoms with van der Waals surface area (Å²) in [5, 5.41) is 86.8. The topological polar surface area (TPSA) is 244 Å². The number of ether oxygens (including phenoxy) is 7. The molecule has 4 saturated heterocycles. The molecule has 0 aromatic heterocycles. The Labute approximate surface area is 365 Å². The van der Waals surface area contributed by atoms with Crippen LogP contribution in [0.15, 0.2) is 11.6 Å². The predicted octanol–water partition coefficient (Wildman–Crippen LogP) is 1.82. The zero-order chi connectivity index (χ0) is 45.1. The number of aliphatic hydroxyl groups excluding tert-OH is 7. The maximum atomic E-state index is 13.4. The van der Waals surface area contributed by atoms with E-state index in [4.69, 9.17) is 33.2 Å². The minimum Gasteiger partial charge on any atom is -0.456 e. The molecule has 0 aromatic rings. The fourth-order valence-electron chi connectivity index (χ4n) is 14.7. The van der Waals surface area contributed by atoms with Gasteiger partial charge >= 0.3 is 5.97 Å². The smallest absolute Gasteiger partial charge is 0.339 e. The molecule has 4 saturated carbocycles. The Hall–Kier alpha value is -1.35. The molecule has 4 aliphatic carbocycles. The number of allylic oxidation sites excluding steroid dienone is 1. The minimum absolute atomic E-state index is 0.0323. The minimum atomic E-state index is -1.69. The highest BCUT2D eigenvalue weighted by Crippen LogP contribution is 2.76. The van der Waals surface area contributed by atoms with Crippen LogP contribution in [0, 0.1) is 45.3 Å². The van der Waals surface area contributed by atoms with Crippen LogP contribution in [0.4, 0.5) is 0 Å². The summed E-state index contributed by atoms with van der Waals surface area (Å²) in [4.78, 5) is 13.4. The van der Waals surface area contributed by atoms with E-state index in [1.54, 1.807) is 0 Å². The number of cyclic esters (lactones) is 1. The van der Waals surface area contributed by atoms with E-state index in [0.29, 0.717) is 18.8 Å². The van der Waals surface area contributed by atoms with Crippen molar-refractivity contribution in [3.63, 3.8) is 0 Å². The zero-order valence-electron chi connectivity index (χ0n) is 37.7. The standard InChI is InChI=1S/C46H74O16/c1-21(2)17-23-18-46(55,41(54)59-23)25-11-15-44(7)24(25)9-10-29-43(6)14-13-30(42(4,5)28(43)12-16-45(29,44)8)60-40-37(62-39-35(53)33(51)31(49)22(3)58-39)36(27(48)20-57-40)61-38-34(52)32(50)26(47)19-56-38/h17,22-40,47-53,55H,9-16,18-20H2,1-8H3/t22-,23+,24+,25-,26+,27-,28-,29+,30-,31-,32-,33+,34+,35+,36-,37+,38-,39-,40-,43-,44+,45+,46-/m0/s1. The van der Waals surface area contributed by atoms with Gasteiger partial charge < -0.3 is 74.0 Å². The van der Waals surface area contributed by atoms with E-state index in [-0.39, 0.29) is 53.3 Å². The first-order chi connectivity index (χ1) is 29.0. The lowest BCUT2D eigenvalue weighted by molar-refractivity contribution is -0.383. The quantitative estimate of drug-likeness (QED) is 0.0985. The van der Waals surface area contributed by atoms with Crippen molar-refractivity contribution in [2.45, 2.75) is 211 Å². The molecule has 23 atom stereocenters. The molecule has 0 spiro atoms. The van der Waals surface area contributed by atoms with Crippen LogP contribution in [0.3, 0.4) is 0 Å². The van der Waals surface area contributed by atoms with Crippen LogP contribution in [0.2, 0.25) is 0 Å². The molecular weight excluding hydrogens is 808 g/mol. The molecule has 4 aliphatic heterocycles. The molecule has 62 heavy (non-hydrogen) atoms. The van der Waals surface area contributed by atoms with E-state index in [0.717, 1.165) is 50.5 Å². The molecule has 354 valence electrons. The summed E-state index contributed by atoms with van der Waals surface area (Å²) < 4.78 is 42.7. The molecule has 0 amide bonds. The first kappa shape index (κ1) is 47.2. The summed E-state index contributed by atoms with van der Waals surface area (Å²) in [5.74, 6) is 0.183. The Morgan fingerprint density at radius 3 is 2.02 bits per heavy atom. The second kappa shape index (κ2) is 16.8. The highest BCUT2D eigenvalue weighted by molar-refractivity contribution is 5.82. The number of esters is 1. The van der Waals surface area contributed by atoms with Crippen LogP contribution in [-0.2, 0) is 38.0 Å². The SMILES string of the molecule is CC(C)=C[C@@H]1C[C@](O)([C@H]2CC[C@]3(C)[C@@H]2CC[C@@H]2[C@@]4(C)CC[C@H](O[C@@H]5OC[C@H](O)[C@H](O[C@@H]6OC[C@@H](O)[C@H](O)[C@H]6O)[C@H]5O[C@@H]5O[C@@H](C)[C@H](O)[C@@H](O)[C@H]5O)C(C)(C)[C@@H]4CC[C@]23C)C(=O)O1. The monoisotopic (exact) mass is 882 g/mol. The first-order valence-corrected chi connectivity index (χ1v) is 23.2. The molecule has 4 heterocycles. The maximum Gasteiger partial charge on any atom is 0.339 e. The molecule has 0 unspecified atom stereocenters. The van der Waals surface area contributed by atoms with Crippen molar-refractivity contribution < 1.29 is 78.8 Å². The van der Waals surface area contributed by atoms with Crippen LogP contribution in [0.5, 0.6) is 0 Å². The fraction of sp³-hybridized carbons (Fsp3) is 0.935. The predicted molar refractivity (Wildman–Crippen MR) is 218 cm³/mol. The van der Waals surface area contributed by atoms with Gasteiger partial charge in [0.2, 0.25) is 0 Å². The molecule has 8 fully saturated rings. The Kier molecular flexibility index (Phi) is 12.7. The van der Waals surface area contributed by atoms with Gasteiger partial charge in [0.1, 0.15) is 61.0 Å². The second-order valence-electron chi connectivity index (χ2n) is 22.0. The van der Waals surface area contributed by atoms with E-state index in [1.165, 1.54) is 6.92 Å². The fourth-order valence-corrected chi connectivity index (χ4v) is 14.7. The first-order valence-electron chi connectivity index (χ1n) is 23.2. The van der Waals surface area contributed by atoms with Crippen molar-refractivity contribution in [3.8, 4) is 0 Å². The summed E-state index contributed by atoms with van der Waals surface area (Å²) in [6.07, 6.45) is -9.87. The van der Waals surface area contributed by atoms with Crippen molar-refractivity contribution in [2.24, 2.45) is 45.3 Å². The maximum absolute atomic E-state index is 13.4. The number of aliphatic hydroxyl groups is 8. The van der Waals surface area contributed by atoms with Gasteiger partial charge in [0.25, 0.3) is 0 Å². The number of rotatable bonds is 8. The molecule has 8 N–H and O–H groups in total.